The highest BCUT2D eigenvalue weighted by atomic mass is 35.5. The molecular formula is C12H16ClNO2. The first-order valence-corrected chi connectivity index (χ1v) is 5.80. The molecule has 1 aliphatic heterocycles. The third-order valence-electron chi connectivity index (χ3n) is 2.88. The van der Waals surface area contributed by atoms with E-state index >= 15 is 0 Å². The Bertz CT molecular complexity index is 370. The van der Waals surface area contributed by atoms with E-state index in [9.17, 15) is 0 Å². The van der Waals surface area contributed by atoms with Crippen LogP contribution in [0.25, 0.3) is 0 Å². The van der Waals surface area contributed by atoms with Crippen molar-refractivity contribution in [2.75, 3.05) is 19.0 Å². The van der Waals surface area contributed by atoms with Gasteiger partial charge in [0.2, 0.25) is 0 Å². The molecule has 0 aliphatic carbocycles. The monoisotopic (exact) mass is 241 g/mol. The lowest BCUT2D eigenvalue weighted by molar-refractivity contribution is 0.121. The van der Waals surface area contributed by atoms with E-state index in [1.807, 2.05) is 18.2 Å². The van der Waals surface area contributed by atoms with Crippen molar-refractivity contribution in [2.24, 2.45) is 0 Å². The van der Waals surface area contributed by atoms with Crippen molar-refractivity contribution in [1.82, 2.24) is 0 Å². The van der Waals surface area contributed by atoms with Crippen LogP contribution in [0.2, 0.25) is 5.02 Å². The molecule has 1 N–H and O–H groups in total. The van der Waals surface area contributed by atoms with Gasteiger partial charge in [0.25, 0.3) is 0 Å². The standard InChI is InChI=1S/C12H16ClNO2/c1-8-11(5-6-16-8)14-9-3-4-12(15-2)10(13)7-9/h3-4,7-8,11,14H,5-6H2,1-2H3. The molecule has 1 saturated heterocycles. The Balaban J connectivity index is 2.07. The zero-order chi connectivity index (χ0) is 11.5. The van der Waals surface area contributed by atoms with E-state index in [4.69, 9.17) is 21.1 Å². The summed E-state index contributed by atoms with van der Waals surface area (Å²) in [6.07, 6.45) is 1.28. The van der Waals surface area contributed by atoms with Gasteiger partial charge in [-0.25, -0.2) is 0 Å². The summed E-state index contributed by atoms with van der Waals surface area (Å²) in [6, 6.07) is 6.08. The van der Waals surface area contributed by atoms with Gasteiger partial charge in [0.15, 0.2) is 0 Å². The molecule has 1 aromatic carbocycles. The lowest BCUT2D eigenvalue weighted by Crippen LogP contribution is -2.26. The largest absolute Gasteiger partial charge is 0.495 e. The van der Waals surface area contributed by atoms with Crippen molar-refractivity contribution < 1.29 is 9.47 Å². The van der Waals surface area contributed by atoms with Gasteiger partial charge in [-0.3, -0.25) is 0 Å². The second kappa shape index (κ2) is 4.93. The maximum absolute atomic E-state index is 6.06. The second-order valence-corrected chi connectivity index (χ2v) is 4.37. The highest BCUT2D eigenvalue weighted by Gasteiger charge is 2.23. The maximum atomic E-state index is 6.06. The van der Waals surface area contributed by atoms with Crippen molar-refractivity contribution in [3.05, 3.63) is 23.2 Å². The molecule has 3 nitrogen and oxygen atoms in total. The van der Waals surface area contributed by atoms with E-state index in [1.165, 1.54) is 0 Å². The average Bonchev–Trinajstić information content (AvgIpc) is 2.65. The minimum atomic E-state index is 0.251. The lowest BCUT2D eigenvalue weighted by atomic mass is 10.1. The second-order valence-electron chi connectivity index (χ2n) is 3.96. The number of nitrogens with one attached hydrogen (secondary N) is 1. The smallest absolute Gasteiger partial charge is 0.137 e. The van der Waals surface area contributed by atoms with Gasteiger partial charge in [0, 0.05) is 12.3 Å². The Morgan fingerprint density at radius 3 is 2.88 bits per heavy atom. The van der Waals surface area contributed by atoms with E-state index in [0.717, 1.165) is 18.7 Å². The Labute approximate surface area is 101 Å². The third-order valence-corrected chi connectivity index (χ3v) is 3.18. The fraction of sp³-hybridized carbons (Fsp3) is 0.500. The molecule has 1 fully saturated rings. The summed E-state index contributed by atoms with van der Waals surface area (Å²) in [5.74, 6) is 0.697. The van der Waals surface area contributed by atoms with Crippen molar-refractivity contribution in [2.45, 2.75) is 25.5 Å². The number of ether oxygens (including phenoxy) is 2. The first-order valence-electron chi connectivity index (χ1n) is 5.42. The van der Waals surface area contributed by atoms with Gasteiger partial charge in [-0.1, -0.05) is 11.6 Å². The highest BCUT2D eigenvalue weighted by molar-refractivity contribution is 6.32. The molecule has 1 aliphatic rings. The van der Waals surface area contributed by atoms with Crippen molar-refractivity contribution >= 4 is 17.3 Å². The number of hydrogen-bond donors (Lipinski definition) is 1. The predicted octanol–water partition coefficient (Wildman–Crippen LogP) is 2.94. The van der Waals surface area contributed by atoms with Gasteiger partial charge in [0.1, 0.15) is 5.75 Å². The van der Waals surface area contributed by atoms with Crippen LogP contribution >= 0.6 is 11.6 Å². The van der Waals surface area contributed by atoms with Crippen molar-refractivity contribution in [3.63, 3.8) is 0 Å². The molecule has 0 saturated carbocycles. The van der Waals surface area contributed by atoms with Gasteiger partial charge in [0.05, 0.1) is 24.3 Å². The fourth-order valence-electron chi connectivity index (χ4n) is 1.89. The van der Waals surface area contributed by atoms with Gasteiger partial charge < -0.3 is 14.8 Å². The van der Waals surface area contributed by atoms with Gasteiger partial charge in [-0.2, -0.15) is 0 Å². The molecule has 0 aromatic heterocycles. The minimum Gasteiger partial charge on any atom is -0.495 e. The first-order chi connectivity index (χ1) is 7.70. The van der Waals surface area contributed by atoms with Crippen LogP contribution in [-0.4, -0.2) is 25.9 Å². The molecule has 88 valence electrons. The summed E-state index contributed by atoms with van der Waals surface area (Å²) in [7, 11) is 1.61. The molecule has 0 amide bonds. The number of methoxy groups -OCH3 is 1. The van der Waals surface area contributed by atoms with Crippen LogP contribution in [0.5, 0.6) is 5.75 Å². The minimum absolute atomic E-state index is 0.251. The maximum Gasteiger partial charge on any atom is 0.137 e. The molecule has 2 atom stereocenters. The highest BCUT2D eigenvalue weighted by Crippen LogP contribution is 2.28. The Hall–Kier alpha value is -0.930. The van der Waals surface area contributed by atoms with Crippen LogP contribution in [-0.2, 0) is 4.74 Å². The first kappa shape index (κ1) is 11.6. The van der Waals surface area contributed by atoms with E-state index in [-0.39, 0.29) is 6.10 Å². The topological polar surface area (TPSA) is 30.5 Å². The zero-order valence-electron chi connectivity index (χ0n) is 9.50. The summed E-state index contributed by atoms with van der Waals surface area (Å²) in [6.45, 7) is 2.90. The van der Waals surface area contributed by atoms with Crippen LogP contribution in [0.1, 0.15) is 13.3 Å². The molecule has 0 spiro atoms. The molecule has 1 heterocycles. The summed E-state index contributed by atoms with van der Waals surface area (Å²) in [4.78, 5) is 0. The SMILES string of the molecule is COc1ccc(NC2CCOC2C)cc1Cl. The normalized spacial score (nSPS) is 24.4. The summed E-state index contributed by atoms with van der Waals surface area (Å²) in [5, 5.41) is 4.04. The molecule has 0 bridgehead atoms. The molecule has 2 unspecified atom stereocenters. The van der Waals surface area contributed by atoms with Crippen LogP contribution in [0.3, 0.4) is 0 Å². The number of hydrogen-bond acceptors (Lipinski definition) is 3. The van der Waals surface area contributed by atoms with E-state index < -0.39 is 0 Å². The number of benzene rings is 1. The lowest BCUT2D eigenvalue weighted by Gasteiger charge is -2.17. The molecule has 1 aromatic rings. The van der Waals surface area contributed by atoms with Crippen LogP contribution in [0.4, 0.5) is 5.69 Å². The molecule has 16 heavy (non-hydrogen) atoms. The summed E-state index contributed by atoms with van der Waals surface area (Å²) in [5.41, 5.74) is 1.01. The van der Waals surface area contributed by atoms with Crippen molar-refractivity contribution in [1.29, 1.82) is 0 Å². The average molecular weight is 242 g/mol. The van der Waals surface area contributed by atoms with Crippen molar-refractivity contribution in [3.8, 4) is 5.75 Å². The molecular weight excluding hydrogens is 226 g/mol. The van der Waals surface area contributed by atoms with Crippen LogP contribution in [0.15, 0.2) is 18.2 Å². The number of rotatable bonds is 3. The van der Waals surface area contributed by atoms with Crippen LogP contribution < -0.4 is 10.1 Å². The Morgan fingerprint density at radius 2 is 2.31 bits per heavy atom. The zero-order valence-corrected chi connectivity index (χ0v) is 10.3. The number of anilines is 1. The van der Waals surface area contributed by atoms with E-state index in [1.54, 1.807) is 7.11 Å². The molecule has 0 radical (unpaired) electrons. The van der Waals surface area contributed by atoms with E-state index in [2.05, 4.69) is 12.2 Å². The summed E-state index contributed by atoms with van der Waals surface area (Å²) < 4.78 is 10.6. The van der Waals surface area contributed by atoms with Gasteiger partial charge in [-0.05, 0) is 31.5 Å². The molecule has 2 rings (SSSR count). The predicted molar refractivity (Wildman–Crippen MR) is 65.4 cm³/mol. The van der Waals surface area contributed by atoms with Gasteiger partial charge in [-0.15, -0.1) is 0 Å². The van der Waals surface area contributed by atoms with Crippen LogP contribution in [0, 0.1) is 0 Å². The summed E-state index contributed by atoms with van der Waals surface area (Å²) >= 11 is 6.06. The Morgan fingerprint density at radius 1 is 1.50 bits per heavy atom. The Kier molecular flexibility index (Phi) is 3.56. The number of halogens is 1. The quantitative estimate of drug-likeness (QED) is 0.883. The fourth-order valence-corrected chi connectivity index (χ4v) is 2.15. The molecule has 4 heteroatoms. The third kappa shape index (κ3) is 2.42. The van der Waals surface area contributed by atoms with Gasteiger partial charge >= 0.3 is 0 Å². The van der Waals surface area contributed by atoms with E-state index in [0.29, 0.717) is 16.8 Å².